The zero-order valence-corrected chi connectivity index (χ0v) is 18.6. The summed E-state index contributed by atoms with van der Waals surface area (Å²) in [6, 6.07) is 22.3. The summed E-state index contributed by atoms with van der Waals surface area (Å²) in [5, 5.41) is 9.70. The van der Waals surface area contributed by atoms with Gasteiger partial charge in [-0.05, 0) is 47.5 Å². The summed E-state index contributed by atoms with van der Waals surface area (Å²) in [6.45, 7) is -0.0267. The number of esters is 1. The Morgan fingerprint density at radius 1 is 0.938 bits per heavy atom. The number of nitrogens with one attached hydrogen (secondary N) is 1. The number of halogens is 2. The number of hydrazone groups is 1. The predicted octanol–water partition coefficient (Wildman–Crippen LogP) is 5.36. The zero-order valence-electron chi connectivity index (χ0n) is 17.1. The lowest BCUT2D eigenvalue weighted by Gasteiger charge is -2.28. The lowest BCUT2D eigenvalue weighted by atomic mass is 9.74. The summed E-state index contributed by atoms with van der Waals surface area (Å²) >= 11 is 12.0. The van der Waals surface area contributed by atoms with Crippen LogP contribution in [0.1, 0.15) is 11.1 Å². The van der Waals surface area contributed by atoms with E-state index in [1.165, 1.54) is 12.1 Å². The monoisotopic (exact) mass is 467 g/mol. The van der Waals surface area contributed by atoms with E-state index >= 15 is 0 Å². The Morgan fingerprint density at radius 2 is 1.53 bits per heavy atom. The Balaban J connectivity index is 1.79. The molecule has 162 valence electrons. The predicted molar refractivity (Wildman–Crippen MR) is 125 cm³/mol. The third-order valence-electron chi connectivity index (χ3n) is 5.26. The Hall–Kier alpha value is -3.35. The number of hydrogen-bond donors (Lipinski definition) is 1. The summed E-state index contributed by atoms with van der Waals surface area (Å²) in [6.07, 6.45) is 0. The molecule has 3 aromatic rings. The Labute approximate surface area is 195 Å². The molecule has 0 saturated carbocycles. The van der Waals surface area contributed by atoms with Crippen LogP contribution in [0.5, 0.6) is 0 Å². The van der Waals surface area contributed by atoms with Crippen molar-refractivity contribution in [2.75, 3.05) is 19.0 Å². The van der Waals surface area contributed by atoms with Gasteiger partial charge in [0.05, 0.1) is 19.4 Å². The van der Waals surface area contributed by atoms with Crippen molar-refractivity contribution in [3.63, 3.8) is 0 Å². The van der Waals surface area contributed by atoms with Crippen LogP contribution in [0.25, 0.3) is 0 Å². The van der Waals surface area contributed by atoms with Gasteiger partial charge < -0.3 is 10.1 Å². The second-order valence-corrected chi connectivity index (χ2v) is 8.09. The normalized spacial score (nSPS) is 17.6. The highest BCUT2D eigenvalue weighted by Crippen LogP contribution is 2.37. The van der Waals surface area contributed by atoms with Gasteiger partial charge in [-0.1, -0.05) is 65.7 Å². The smallest absolute Gasteiger partial charge is 0.342 e. The van der Waals surface area contributed by atoms with Crippen LogP contribution in [-0.2, 0) is 14.9 Å². The van der Waals surface area contributed by atoms with Crippen LogP contribution in [0.4, 0.5) is 10.5 Å². The molecule has 0 bridgehead atoms. The number of nitrogens with zero attached hydrogens (tertiary/aromatic N) is 2. The van der Waals surface area contributed by atoms with Gasteiger partial charge >= 0.3 is 12.0 Å². The number of carbonyl (C=O) groups excluding carboxylic acids is 2. The number of amides is 2. The first-order valence-corrected chi connectivity index (χ1v) is 10.5. The highest BCUT2D eigenvalue weighted by molar-refractivity contribution is 6.31. The van der Waals surface area contributed by atoms with Gasteiger partial charge in [-0.25, -0.2) is 9.80 Å². The SMILES string of the molecule is COC(=O)C1(c2ccccc2)CN(C(=O)Nc2ccc(Cl)cc2)N=C1c1ccc(Cl)cc1. The fourth-order valence-corrected chi connectivity index (χ4v) is 3.95. The molecule has 1 unspecified atom stereocenters. The fraction of sp³-hybridized carbons (Fsp3) is 0.125. The van der Waals surface area contributed by atoms with Crippen LogP contribution in [0.3, 0.4) is 0 Å². The first-order chi connectivity index (χ1) is 15.4. The van der Waals surface area contributed by atoms with Crippen molar-refractivity contribution < 1.29 is 14.3 Å². The molecular weight excluding hydrogens is 449 g/mol. The molecule has 6 nitrogen and oxygen atoms in total. The molecule has 8 heteroatoms. The maximum atomic E-state index is 13.2. The highest BCUT2D eigenvalue weighted by atomic mass is 35.5. The highest BCUT2D eigenvalue weighted by Gasteiger charge is 2.53. The largest absolute Gasteiger partial charge is 0.468 e. The van der Waals surface area contributed by atoms with Crippen molar-refractivity contribution in [1.82, 2.24) is 5.01 Å². The lowest BCUT2D eigenvalue weighted by Crippen LogP contribution is -2.48. The molecule has 3 aromatic carbocycles. The van der Waals surface area contributed by atoms with Crippen LogP contribution >= 0.6 is 23.2 Å². The quantitative estimate of drug-likeness (QED) is 0.525. The number of ether oxygens (including phenoxy) is 1. The van der Waals surface area contributed by atoms with Crippen LogP contribution in [-0.4, -0.2) is 36.4 Å². The molecule has 4 rings (SSSR count). The molecule has 2 amide bonds. The van der Waals surface area contributed by atoms with E-state index in [1.807, 2.05) is 30.3 Å². The van der Waals surface area contributed by atoms with Gasteiger partial charge in [0.2, 0.25) is 0 Å². The average Bonchev–Trinajstić information content (AvgIpc) is 3.23. The summed E-state index contributed by atoms with van der Waals surface area (Å²) in [7, 11) is 1.32. The average molecular weight is 468 g/mol. The third-order valence-corrected chi connectivity index (χ3v) is 5.76. The van der Waals surface area contributed by atoms with Crippen molar-refractivity contribution in [3.05, 3.63) is 100 Å². The number of hydrogen-bond acceptors (Lipinski definition) is 4. The first-order valence-electron chi connectivity index (χ1n) is 9.77. The van der Waals surface area contributed by atoms with Crippen molar-refractivity contribution in [2.24, 2.45) is 5.10 Å². The molecule has 1 atom stereocenters. The molecule has 1 aliphatic rings. The second-order valence-electron chi connectivity index (χ2n) is 7.21. The summed E-state index contributed by atoms with van der Waals surface area (Å²) in [5.41, 5.74) is 0.977. The summed E-state index contributed by atoms with van der Waals surface area (Å²) in [5.74, 6) is -0.515. The van der Waals surface area contributed by atoms with Crippen LogP contribution < -0.4 is 5.32 Å². The Kier molecular flexibility index (Phi) is 6.17. The van der Waals surface area contributed by atoms with E-state index in [2.05, 4.69) is 10.4 Å². The molecule has 1 aliphatic heterocycles. The topological polar surface area (TPSA) is 71.0 Å². The molecule has 0 aromatic heterocycles. The Morgan fingerprint density at radius 3 is 2.12 bits per heavy atom. The van der Waals surface area contributed by atoms with Crippen molar-refractivity contribution in [3.8, 4) is 0 Å². The number of methoxy groups -OCH3 is 1. The van der Waals surface area contributed by atoms with Crippen molar-refractivity contribution in [1.29, 1.82) is 0 Å². The van der Waals surface area contributed by atoms with E-state index < -0.39 is 17.4 Å². The zero-order chi connectivity index (χ0) is 22.7. The molecular formula is C24H19Cl2N3O3. The number of rotatable bonds is 4. The van der Waals surface area contributed by atoms with E-state index in [0.29, 0.717) is 32.6 Å². The van der Waals surface area contributed by atoms with Crippen LogP contribution in [0.2, 0.25) is 10.0 Å². The maximum Gasteiger partial charge on any atom is 0.342 e. The van der Waals surface area contributed by atoms with Crippen molar-refractivity contribution in [2.45, 2.75) is 5.41 Å². The molecule has 0 fully saturated rings. The van der Waals surface area contributed by atoms with Crippen molar-refractivity contribution >= 4 is 46.6 Å². The third kappa shape index (κ3) is 4.07. The molecule has 0 saturated heterocycles. The Bertz CT molecular complexity index is 1170. The van der Waals surface area contributed by atoms with E-state index in [0.717, 1.165) is 0 Å². The molecule has 32 heavy (non-hydrogen) atoms. The number of urea groups is 1. The van der Waals surface area contributed by atoms with Gasteiger partial charge in [-0.2, -0.15) is 5.10 Å². The second kappa shape index (κ2) is 9.02. The molecule has 0 aliphatic carbocycles. The molecule has 0 radical (unpaired) electrons. The van der Waals surface area contributed by atoms with E-state index in [9.17, 15) is 9.59 Å². The van der Waals surface area contributed by atoms with E-state index in [4.69, 9.17) is 27.9 Å². The minimum Gasteiger partial charge on any atom is -0.468 e. The van der Waals surface area contributed by atoms with E-state index in [-0.39, 0.29) is 6.54 Å². The summed E-state index contributed by atoms with van der Waals surface area (Å²) < 4.78 is 5.21. The van der Waals surface area contributed by atoms with E-state index in [1.54, 1.807) is 48.5 Å². The lowest BCUT2D eigenvalue weighted by molar-refractivity contribution is -0.144. The maximum absolute atomic E-state index is 13.2. The van der Waals surface area contributed by atoms with Gasteiger partial charge in [-0.15, -0.1) is 0 Å². The standard InChI is InChI=1S/C24H19Cl2N3O3/c1-32-22(30)24(17-5-3-2-4-6-17)15-29(23(31)27-20-13-11-19(26)12-14-20)28-21(24)16-7-9-18(25)10-8-16/h2-14H,15H2,1H3,(H,27,31). The number of anilines is 1. The van der Waals surface area contributed by atoms with Crippen LogP contribution in [0, 0.1) is 0 Å². The number of benzene rings is 3. The minimum atomic E-state index is -1.30. The van der Waals surface area contributed by atoms with Gasteiger partial charge in [0, 0.05) is 15.7 Å². The fourth-order valence-electron chi connectivity index (χ4n) is 3.70. The van der Waals surface area contributed by atoms with Gasteiger partial charge in [0.25, 0.3) is 0 Å². The van der Waals surface area contributed by atoms with Gasteiger partial charge in [0.1, 0.15) is 0 Å². The molecule has 0 spiro atoms. The summed E-state index contributed by atoms with van der Waals surface area (Å²) in [4.78, 5) is 26.3. The van der Waals surface area contributed by atoms with Gasteiger partial charge in [-0.3, -0.25) is 4.79 Å². The van der Waals surface area contributed by atoms with Gasteiger partial charge in [0.15, 0.2) is 5.41 Å². The molecule has 1 heterocycles. The number of carbonyl (C=O) groups is 2. The first kappa shape index (κ1) is 21.9. The van der Waals surface area contributed by atoms with Crippen LogP contribution in [0.15, 0.2) is 84.0 Å². The molecule has 1 N–H and O–H groups in total. The minimum absolute atomic E-state index is 0.0267.